The minimum absolute atomic E-state index is 0.00533. The monoisotopic (exact) mass is 509 g/mol. The summed E-state index contributed by atoms with van der Waals surface area (Å²) in [7, 11) is 1.65. The third kappa shape index (κ3) is 5.37. The van der Waals surface area contributed by atoms with E-state index in [0.717, 1.165) is 45.0 Å². The van der Waals surface area contributed by atoms with Crippen LogP contribution in [0.1, 0.15) is 30.6 Å². The molecule has 1 unspecified atom stereocenters. The number of nitrogens with one attached hydrogen (secondary N) is 1. The highest BCUT2D eigenvalue weighted by molar-refractivity contribution is 6.33. The summed E-state index contributed by atoms with van der Waals surface area (Å²) in [5.74, 6) is 0.776. The van der Waals surface area contributed by atoms with Gasteiger partial charge in [-0.1, -0.05) is 60.1 Å². The maximum atomic E-state index is 12.9. The Balaban J connectivity index is 1.49. The lowest BCUT2D eigenvalue weighted by Crippen LogP contribution is -2.26. The van der Waals surface area contributed by atoms with Gasteiger partial charge in [0.15, 0.2) is 0 Å². The van der Waals surface area contributed by atoms with Gasteiger partial charge in [0.2, 0.25) is 5.91 Å². The molecule has 0 fully saturated rings. The Morgan fingerprint density at radius 3 is 2.38 bits per heavy atom. The highest BCUT2D eigenvalue weighted by Gasteiger charge is 2.18. The van der Waals surface area contributed by atoms with Crippen LogP contribution in [-0.4, -0.2) is 22.4 Å². The van der Waals surface area contributed by atoms with Crippen LogP contribution in [0.3, 0.4) is 0 Å². The molecule has 5 nitrogen and oxygen atoms in total. The summed E-state index contributed by atoms with van der Waals surface area (Å²) in [6.45, 7) is 2.00. The average Bonchev–Trinajstić information content (AvgIpc) is 3.30. The molecular weight excluding hydrogens is 482 g/mol. The van der Waals surface area contributed by atoms with Gasteiger partial charge in [-0.15, -0.1) is 0 Å². The first-order valence-corrected chi connectivity index (χ1v) is 12.7. The molecule has 1 amide bonds. The van der Waals surface area contributed by atoms with E-state index in [2.05, 4.69) is 15.9 Å². The summed E-state index contributed by atoms with van der Waals surface area (Å²) in [4.78, 5) is 17.9. The summed E-state index contributed by atoms with van der Waals surface area (Å²) < 4.78 is 7.41. The molecule has 2 aromatic heterocycles. The zero-order valence-corrected chi connectivity index (χ0v) is 21.6. The zero-order chi connectivity index (χ0) is 25.8. The topological polar surface area (TPSA) is 55.6 Å². The minimum atomic E-state index is -0.0660. The predicted octanol–water partition coefficient (Wildman–Crippen LogP) is 7.14. The lowest BCUT2D eigenvalue weighted by molar-refractivity contribution is -0.121. The summed E-state index contributed by atoms with van der Waals surface area (Å²) in [6, 6.07) is 29.6. The molecule has 3 aromatic carbocycles. The van der Waals surface area contributed by atoms with Crippen LogP contribution in [0, 0.1) is 0 Å². The third-order valence-electron chi connectivity index (χ3n) is 6.53. The van der Waals surface area contributed by atoms with Crippen molar-refractivity contribution in [1.29, 1.82) is 0 Å². The number of fused-ring (bicyclic) bond motifs is 1. The van der Waals surface area contributed by atoms with Gasteiger partial charge >= 0.3 is 0 Å². The number of ether oxygens (including phenoxy) is 1. The van der Waals surface area contributed by atoms with E-state index in [1.54, 1.807) is 7.11 Å². The minimum Gasteiger partial charge on any atom is -0.497 e. The fraction of sp³-hybridized carbons (Fsp3) is 0.161. The number of rotatable bonds is 8. The van der Waals surface area contributed by atoms with Gasteiger partial charge in [-0.2, -0.15) is 0 Å². The first-order valence-electron chi connectivity index (χ1n) is 12.3. The largest absolute Gasteiger partial charge is 0.497 e. The van der Waals surface area contributed by atoms with E-state index in [1.807, 2.05) is 97.9 Å². The van der Waals surface area contributed by atoms with Crippen molar-refractivity contribution in [2.24, 2.45) is 0 Å². The second-order valence-electron chi connectivity index (χ2n) is 8.96. The van der Waals surface area contributed by atoms with Gasteiger partial charge in [0.05, 0.1) is 24.5 Å². The fourth-order valence-electron chi connectivity index (χ4n) is 4.54. The first-order chi connectivity index (χ1) is 18.0. The standard InChI is InChI=1S/C31H28ClN3O2/c1-21(22-8-4-3-5-9-22)33-30(36)19-17-28-31(23-12-15-25(37-2)16-13-23)34-29-18-14-24(20-35(28)29)26-10-6-7-11-27(26)32/h3-16,18,20-21H,17,19H2,1-2H3,(H,33,36). The second kappa shape index (κ2) is 10.9. The van der Waals surface area contributed by atoms with Gasteiger partial charge in [0.25, 0.3) is 0 Å². The van der Waals surface area contributed by atoms with Crippen molar-refractivity contribution in [3.63, 3.8) is 0 Å². The molecule has 0 radical (unpaired) electrons. The number of carbonyl (C=O) groups excluding carboxylic acids is 1. The number of hydrogen-bond donors (Lipinski definition) is 1. The fourth-order valence-corrected chi connectivity index (χ4v) is 4.78. The smallest absolute Gasteiger partial charge is 0.220 e. The Morgan fingerprint density at radius 1 is 0.946 bits per heavy atom. The molecule has 5 rings (SSSR count). The van der Waals surface area contributed by atoms with Gasteiger partial charge in [-0.3, -0.25) is 4.79 Å². The van der Waals surface area contributed by atoms with Gasteiger partial charge < -0.3 is 14.5 Å². The van der Waals surface area contributed by atoms with Crippen LogP contribution in [0.5, 0.6) is 5.75 Å². The molecule has 37 heavy (non-hydrogen) atoms. The molecule has 0 bridgehead atoms. The van der Waals surface area contributed by atoms with Crippen molar-refractivity contribution in [1.82, 2.24) is 14.7 Å². The molecular formula is C31H28ClN3O2. The van der Waals surface area contributed by atoms with Crippen LogP contribution >= 0.6 is 11.6 Å². The van der Waals surface area contributed by atoms with Gasteiger partial charge in [0, 0.05) is 28.8 Å². The molecule has 1 N–H and O–H groups in total. The number of aryl methyl sites for hydroxylation is 1. The number of pyridine rings is 1. The van der Waals surface area contributed by atoms with E-state index in [1.165, 1.54) is 0 Å². The number of imidazole rings is 1. The Labute approximate surface area is 221 Å². The molecule has 1 atom stereocenters. The molecule has 0 aliphatic heterocycles. The molecule has 186 valence electrons. The quantitative estimate of drug-likeness (QED) is 0.242. The van der Waals surface area contributed by atoms with Crippen molar-refractivity contribution in [2.75, 3.05) is 7.11 Å². The number of hydrogen-bond acceptors (Lipinski definition) is 3. The number of halogens is 1. The first kappa shape index (κ1) is 24.6. The van der Waals surface area contributed by atoms with E-state index in [-0.39, 0.29) is 11.9 Å². The van der Waals surface area contributed by atoms with Crippen molar-refractivity contribution in [3.8, 4) is 28.1 Å². The lowest BCUT2D eigenvalue weighted by atomic mass is 10.1. The van der Waals surface area contributed by atoms with Gasteiger partial charge in [0.1, 0.15) is 11.4 Å². The molecule has 5 aromatic rings. The summed E-state index contributed by atoms with van der Waals surface area (Å²) in [5.41, 5.74) is 6.62. The van der Waals surface area contributed by atoms with Crippen molar-refractivity contribution < 1.29 is 9.53 Å². The Bertz CT molecular complexity index is 1530. The van der Waals surface area contributed by atoms with Crippen molar-refractivity contribution >= 4 is 23.2 Å². The third-order valence-corrected chi connectivity index (χ3v) is 6.86. The summed E-state index contributed by atoms with van der Waals surface area (Å²) >= 11 is 6.49. The van der Waals surface area contributed by atoms with Crippen LogP contribution in [0.25, 0.3) is 28.0 Å². The van der Waals surface area contributed by atoms with Crippen molar-refractivity contribution in [3.05, 3.63) is 113 Å². The molecule has 0 aliphatic carbocycles. The molecule has 6 heteroatoms. The molecule has 0 aliphatic rings. The summed E-state index contributed by atoms with van der Waals surface area (Å²) in [5, 5.41) is 3.81. The van der Waals surface area contributed by atoms with Crippen LogP contribution in [-0.2, 0) is 11.2 Å². The number of benzene rings is 3. The van der Waals surface area contributed by atoms with Crippen LogP contribution in [0.15, 0.2) is 97.2 Å². The lowest BCUT2D eigenvalue weighted by Gasteiger charge is -2.14. The van der Waals surface area contributed by atoms with Gasteiger partial charge in [-0.25, -0.2) is 4.98 Å². The maximum Gasteiger partial charge on any atom is 0.220 e. The highest BCUT2D eigenvalue weighted by atomic mass is 35.5. The van der Waals surface area contributed by atoms with Gasteiger partial charge in [-0.05, 0) is 66.9 Å². The van der Waals surface area contributed by atoms with E-state index < -0.39 is 0 Å². The molecule has 0 spiro atoms. The van der Waals surface area contributed by atoms with E-state index in [0.29, 0.717) is 17.9 Å². The molecule has 0 saturated heterocycles. The second-order valence-corrected chi connectivity index (χ2v) is 9.37. The number of amides is 1. The Hall–Kier alpha value is -4.09. The van der Waals surface area contributed by atoms with E-state index in [9.17, 15) is 4.79 Å². The number of aromatic nitrogens is 2. The maximum absolute atomic E-state index is 12.9. The average molecular weight is 510 g/mol. The van der Waals surface area contributed by atoms with E-state index >= 15 is 0 Å². The van der Waals surface area contributed by atoms with Crippen molar-refractivity contribution in [2.45, 2.75) is 25.8 Å². The number of carbonyl (C=O) groups is 1. The van der Waals surface area contributed by atoms with Crippen LogP contribution < -0.4 is 10.1 Å². The number of methoxy groups -OCH3 is 1. The highest BCUT2D eigenvalue weighted by Crippen LogP contribution is 2.31. The van der Waals surface area contributed by atoms with E-state index in [4.69, 9.17) is 21.3 Å². The van der Waals surface area contributed by atoms with Crippen LogP contribution in [0.4, 0.5) is 0 Å². The normalized spacial score (nSPS) is 11.9. The zero-order valence-electron chi connectivity index (χ0n) is 20.8. The summed E-state index contributed by atoms with van der Waals surface area (Å²) in [6.07, 6.45) is 2.92. The Kier molecular flexibility index (Phi) is 7.24. The number of nitrogens with zero attached hydrogens (tertiary/aromatic N) is 2. The predicted molar refractivity (Wildman–Crippen MR) is 149 cm³/mol. The van der Waals surface area contributed by atoms with Crippen LogP contribution in [0.2, 0.25) is 5.02 Å². The Morgan fingerprint density at radius 2 is 1.65 bits per heavy atom. The molecule has 0 saturated carbocycles. The molecule has 2 heterocycles. The SMILES string of the molecule is COc1ccc(-c2nc3ccc(-c4ccccc4Cl)cn3c2CCC(=O)NC(C)c2ccccc2)cc1.